The summed E-state index contributed by atoms with van der Waals surface area (Å²) < 4.78 is 17.7. The third kappa shape index (κ3) is 6.05. The molecule has 0 radical (unpaired) electrons. The van der Waals surface area contributed by atoms with Crippen LogP contribution < -0.4 is 5.32 Å². The SMILES string of the molecule is Cc1ccc([N+](=O)[O-])c(NC(=O)COC(=O)CCSc2ccc(F)cc2)c1C. The Morgan fingerprint density at radius 3 is 2.50 bits per heavy atom. The van der Waals surface area contributed by atoms with E-state index < -0.39 is 23.4 Å². The van der Waals surface area contributed by atoms with Crippen LogP contribution in [0.4, 0.5) is 15.8 Å². The maximum atomic E-state index is 12.8. The first-order chi connectivity index (χ1) is 13.3. The third-order valence-electron chi connectivity index (χ3n) is 3.93. The van der Waals surface area contributed by atoms with Crippen LogP contribution >= 0.6 is 11.8 Å². The van der Waals surface area contributed by atoms with Crippen LogP contribution in [0, 0.1) is 29.8 Å². The Bertz CT molecular complexity index is 887. The lowest BCUT2D eigenvalue weighted by molar-refractivity contribution is -0.384. The average Bonchev–Trinajstić information content (AvgIpc) is 2.65. The minimum atomic E-state index is -0.656. The highest BCUT2D eigenvalue weighted by Crippen LogP contribution is 2.30. The number of amides is 1. The fourth-order valence-corrected chi connectivity index (χ4v) is 3.12. The molecule has 0 bridgehead atoms. The molecule has 2 aromatic rings. The third-order valence-corrected chi connectivity index (χ3v) is 4.94. The van der Waals surface area contributed by atoms with Gasteiger partial charge in [-0.3, -0.25) is 19.7 Å². The molecule has 0 aliphatic heterocycles. The van der Waals surface area contributed by atoms with Gasteiger partial charge in [-0.2, -0.15) is 0 Å². The van der Waals surface area contributed by atoms with Gasteiger partial charge < -0.3 is 10.1 Å². The number of carbonyl (C=O) groups is 2. The monoisotopic (exact) mass is 406 g/mol. The van der Waals surface area contributed by atoms with Gasteiger partial charge in [0.1, 0.15) is 11.5 Å². The lowest BCUT2D eigenvalue weighted by Crippen LogP contribution is -2.22. The van der Waals surface area contributed by atoms with Crippen molar-refractivity contribution in [3.05, 3.63) is 63.5 Å². The maximum Gasteiger partial charge on any atom is 0.307 e. The van der Waals surface area contributed by atoms with Crippen LogP contribution in [0.5, 0.6) is 0 Å². The smallest absolute Gasteiger partial charge is 0.307 e. The quantitative estimate of drug-likeness (QED) is 0.308. The molecule has 0 aromatic heterocycles. The van der Waals surface area contributed by atoms with Crippen molar-refractivity contribution in [2.24, 2.45) is 0 Å². The van der Waals surface area contributed by atoms with Crippen molar-refractivity contribution in [1.29, 1.82) is 0 Å². The number of nitro groups is 1. The van der Waals surface area contributed by atoms with Crippen molar-refractivity contribution in [3.63, 3.8) is 0 Å². The molecule has 7 nitrogen and oxygen atoms in total. The van der Waals surface area contributed by atoms with Crippen LogP contribution in [0.15, 0.2) is 41.3 Å². The fourth-order valence-electron chi connectivity index (χ4n) is 2.29. The molecule has 9 heteroatoms. The van der Waals surface area contributed by atoms with Crippen LogP contribution in [0.3, 0.4) is 0 Å². The number of hydrogen-bond donors (Lipinski definition) is 1. The predicted octanol–water partition coefficient (Wildman–Crippen LogP) is 4.01. The van der Waals surface area contributed by atoms with Crippen LogP contribution in [0.2, 0.25) is 0 Å². The maximum absolute atomic E-state index is 12.8. The van der Waals surface area contributed by atoms with Crippen molar-refractivity contribution in [2.75, 3.05) is 17.7 Å². The van der Waals surface area contributed by atoms with E-state index in [1.165, 1.54) is 30.0 Å². The molecule has 0 fully saturated rings. The lowest BCUT2D eigenvalue weighted by atomic mass is 10.1. The van der Waals surface area contributed by atoms with Crippen molar-refractivity contribution in [3.8, 4) is 0 Å². The molecule has 148 valence electrons. The summed E-state index contributed by atoms with van der Waals surface area (Å²) in [6.45, 7) is 2.90. The fraction of sp³-hybridized carbons (Fsp3) is 0.263. The van der Waals surface area contributed by atoms with Gasteiger partial charge in [0.05, 0.1) is 11.3 Å². The largest absolute Gasteiger partial charge is 0.456 e. The first kappa shape index (κ1) is 21.4. The topological polar surface area (TPSA) is 98.5 Å². The number of aryl methyl sites for hydroxylation is 1. The summed E-state index contributed by atoms with van der Waals surface area (Å²) in [4.78, 5) is 35.2. The molecule has 0 saturated heterocycles. The summed E-state index contributed by atoms with van der Waals surface area (Å²) in [7, 11) is 0. The number of thioether (sulfide) groups is 1. The van der Waals surface area contributed by atoms with E-state index in [1.54, 1.807) is 32.0 Å². The molecule has 1 N–H and O–H groups in total. The van der Waals surface area contributed by atoms with Crippen molar-refractivity contribution < 1.29 is 23.6 Å². The summed E-state index contributed by atoms with van der Waals surface area (Å²) in [5.74, 6) is -1.15. The van der Waals surface area contributed by atoms with Crippen LogP contribution in [-0.4, -0.2) is 29.2 Å². The van der Waals surface area contributed by atoms with E-state index in [0.29, 0.717) is 11.3 Å². The first-order valence-corrected chi connectivity index (χ1v) is 9.35. The Balaban J connectivity index is 1.82. The van der Waals surface area contributed by atoms with Gasteiger partial charge in [0.15, 0.2) is 6.61 Å². The molecule has 0 spiro atoms. The van der Waals surface area contributed by atoms with Crippen molar-refractivity contribution >= 4 is 35.0 Å². The molecule has 0 unspecified atom stereocenters. The van der Waals surface area contributed by atoms with Gasteiger partial charge in [-0.15, -0.1) is 11.8 Å². The first-order valence-electron chi connectivity index (χ1n) is 8.36. The van der Waals surface area contributed by atoms with E-state index >= 15 is 0 Å². The minimum Gasteiger partial charge on any atom is -0.456 e. The van der Waals surface area contributed by atoms with E-state index in [2.05, 4.69) is 5.32 Å². The number of rotatable bonds is 8. The number of benzene rings is 2. The number of nitrogens with zero attached hydrogens (tertiary/aromatic N) is 1. The number of carbonyl (C=O) groups excluding carboxylic acids is 2. The van der Waals surface area contributed by atoms with E-state index in [4.69, 9.17) is 4.74 Å². The number of nitrogens with one attached hydrogen (secondary N) is 1. The molecular weight excluding hydrogens is 387 g/mol. The van der Waals surface area contributed by atoms with E-state index in [-0.39, 0.29) is 23.6 Å². The molecule has 0 aliphatic rings. The summed E-state index contributed by atoms with van der Waals surface area (Å²) in [6, 6.07) is 8.79. The van der Waals surface area contributed by atoms with Gasteiger partial charge in [0.2, 0.25) is 0 Å². The molecule has 2 aromatic carbocycles. The highest BCUT2D eigenvalue weighted by atomic mass is 32.2. The van der Waals surface area contributed by atoms with Gasteiger partial charge in [0, 0.05) is 16.7 Å². The number of halogens is 1. The molecule has 2 rings (SSSR count). The Labute approximate surface area is 165 Å². The summed E-state index contributed by atoms with van der Waals surface area (Å²) >= 11 is 1.36. The van der Waals surface area contributed by atoms with Gasteiger partial charge in [-0.1, -0.05) is 6.07 Å². The summed E-state index contributed by atoms with van der Waals surface area (Å²) in [5, 5.41) is 13.6. The molecular formula is C19H19FN2O5S. The van der Waals surface area contributed by atoms with Gasteiger partial charge >= 0.3 is 5.97 Å². The Morgan fingerprint density at radius 2 is 1.86 bits per heavy atom. The normalized spacial score (nSPS) is 10.4. The minimum absolute atomic E-state index is 0.0684. The Hall–Kier alpha value is -2.94. The van der Waals surface area contributed by atoms with E-state index in [0.717, 1.165) is 10.5 Å². The highest BCUT2D eigenvalue weighted by Gasteiger charge is 2.20. The van der Waals surface area contributed by atoms with Crippen molar-refractivity contribution in [2.45, 2.75) is 25.2 Å². The molecule has 28 heavy (non-hydrogen) atoms. The summed E-state index contributed by atoms with van der Waals surface area (Å²) in [5.41, 5.74) is 1.23. The second-order valence-corrected chi connectivity index (χ2v) is 7.09. The zero-order valence-corrected chi connectivity index (χ0v) is 16.2. The van der Waals surface area contributed by atoms with Gasteiger partial charge in [-0.25, -0.2) is 4.39 Å². The van der Waals surface area contributed by atoms with E-state index in [1.807, 2.05) is 0 Å². The lowest BCUT2D eigenvalue weighted by Gasteiger charge is -2.11. The molecule has 0 atom stereocenters. The second-order valence-electron chi connectivity index (χ2n) is 5.92. The van der Waals surface area contributed by atoms with Crippen LogP contribution in [0.1, 0.15) is 17.5 Å². The highest BCUT2D eigenvalue weighted by molar-refractivity contribution is 7.99. The standard InChI is InChI=1S/C19H19FN2O5S/c1-12-3-8-16(22(25)26)19(13(12)2)21-17(23)11-27-18(24)9-10-28-15-6-4-14(20)5-7-15/h3-8H,9-11H2,1-2H3,(H,21,23). The predicted molar refractivity (Wildman–Crippen MR) is 104 cm³/mol. The zero-order valence-electron chi connectivity index (χ0n) is 15.4. The molecule has 0 saturated carbocycles. The Kier molecular flexibility index (Phi) is 7.51. The second kappa shape index (κ2) is 9.84. The number of esters is 1. The van der Waals surface area contributed by atoms with Crippen LogP contribution in [-0.2, 0) is 14.3 Å². The average molecular weight is 406 g/mol. The number of ether oxygens (including phenoxy) is 1. The van der Waals surface area contributed by atoms with Crippen LogP contribution in [0.25, 0.3) is 0 Å². The summed E-state index contributed by atoms with van der Waals surface area (Å²) in [6.07, 6.45) is 0.0684. The number of hydrogen-bond acceptors (Lipinski definition) is 6. The number of anilines is 1. The molecule has 0 heterocycles. The van der Waals surface area contributed by atoms with E-state index in [9.17, 15) is 24.1 Å². The Morgan fingerprint density at radius 1 is 1.18 bits per heavy atom. The van der Waals surface area contributed by atoms with Crippen molar-refractivity contribution in [1.82, 2.24) is 0 Å². The molecule has 0 aliphatic carbocycles. The molecule has 1 amide bonds. The number of nitro benzene ring substituents is 1. The van der Waals surface area contributed by atoms with Gasteiger partial charge in [-0.05, 0) is 49.2 Å². The van der Waals surface area contributed by atoms with Gasteiger partial charge in [0.25, 0.3) is 11.6 Å². The zero-order chi connectivity index (χ0) is 20.7.